The predicted molar refractivity (Wildman–Crippen MR) is 83.7 cm³/mol. The van der Waals surface area contributed by atoms with E-state index in [1.807, 2.05) is 0 Å². The predicted octanol–water partition coefficient (Wildman–Crippen LogP) is -0.367. The Morgan fingerprint density at radius 2 is 1.07 bits per heavy atom. The van der Waals surface area contributed by atoms with E-state index >= 15 is 0 Å². The molecular weight excluding hydrogens is 368 g/mol. The summed E-state index contributed by atoms with van der Waals surface area (Å²) in [4.78, 5) is 57.0. The topological polar surface area (TPSA) is 141 Å². The van der Waals surface area contributed by atoms with Crippen LogP contribution in [-0.4, -0.2) is 67.2 Å². The zero-order valence-electron chi connectivity index (χ0n) is 15.6. The highest BCUT2D eigenvalue weighted by Gasteiger charge is 2.53. The van der Waals surface area contributed by atoms with Gasteiger partial charge in [-0.2, -0.15) is 0 Å². The summed E-state index contributed by atoms with van der Waals surface area (Å²) in [5.41, 5.74) is 0. The molecule has 1 aliphatic heterocycles. The maximum atomic E-state index is 11.5. The van der Waals surface area contributed by atoms with Crippen molar-refractivity contribution in [2.45, 2.75) is 65.3 Å². The molecule has 0 spiro atoms. The Bertz CT molecular complexity index is 599. The van der Waals surface area contributed by atoms with Crippen molar-refractivity contribution >= 4 is 29.8 Å². The van der Waals surface area contributed by atoms with E-state index in [4.69, 9.17) is 28.4 Å². The zero-order valence-corrected chi connectivity index (χ0v) is 15.6. The molecule has 1 rings (SSSR count). The van der Waals surface area contributed by atoms with Crippen LogP contribution >= 0.6 is 0 Å². The van der Waals surface area contributed by atoms with Crippen LogP contribution in [-0.2, 0) is 52.4 Å². The Hall–Kier alpha value is -2.69. The van der Waals surface area contributed by atoms with Gasteiger partial charge in [-0.3, -0.25) is 24.0 Å². The standard InChI is InChI=1S/C16H22O11/c1-7(17)22-6-12-13(23-8(2)18)14(24-9(3)19)15(25-10(4)20)16(27-12)26-11(5)21/h12-16H,6H2,1-5H3/t12-,13-,14+,15+,16+/m0/s1. The Kier molecular flexibility index (Phi) is 8.16. The lowest BCUT2D eigenvalue weighted by Gasteiger charge is -2.43. The Morgan fingerprint density at radius 1 is 0.630 bits per heavy atom. The Morgan fingerprint density at radius 3 is 1.52 bits per heavy atom. The molecule has 0 saturated carbocycles. The smallest absolute Gasteiger partial charge is 0.305 e. The first kappa shape index (κ1) is 22.4. The van der Waals surface area contributed by atoms with Crippen LogP contribution in [0.5, 0.6) is 0 Å². The molecule has 0 aromatic carbocycles. The Labute approximate surface area is 155 Å². The maximum Gasteiger partial charge on any atom is 0.305 e. The first-order valence-corrected chi connectivity index (χ1v) is 7.99. The van der Waals surface area contributed by atoms with E-state index in [0.29, 0.717) is 0 Å². The number of carbonyl (C=O) groups excluding carboxylic acids is 5. The molecule has 0 aromatic heterocycles. The molecule has 0 aromatic rings. The van der Waals surface area contributed by atoms with Gasteiger partial charge in [0.1, 0.15) is 12.7 Å². The van der Waals surface area contributed by atoms with Crippen molar-refractivity contribution in [1.82, 2.24) is 0 Å². The van der Waals surface area contributed by atoms with Gasteiger partial charge < -0.3 is 28.4 Å². The van der Waals surface area contributed by atoms with E-state index in [2.05, 4.69) is 0 Å². The molecule has 0 bridgehead atoms. The fourth-order valence-corrected chi connectivity index (χ4v) is 2.45. The van der Waals surface area contributed by atoms with Crippen LogP contribution in [0.3, 0.4) is 0 Å². The normalized spacial score (nSPS) is 27.1. The summed E-state index contributed by atoms with van der Waals surface area (Å²) in [6.07, 6.45) is -6.70. The quantitative estimate of drug-likeness (QED) is 0.433. The molecule has 5 atom stereocenters. The molecule has 11 heteroatoms. The van der Waals surface area contributed by atoms with Gasteiger partial charge >= 0.3 is 29.8 Å². The van der Waals surface area contributed by atoms with Gasteiger partial charge in [0.05, 0.1) is 0 Å². The van der Waals surface area contributed by atoms with Crippen LogP contribution in [0.2, 0.25) is 0 Å². The molecule has 0 unspecified atom stereocenters. The lowest BCUT2D eigenvalue weighted by molar-refractivity contribution is -0.300. The molecule has 0 N–H and O–H groups in total. The summed E-state index contributed by atoms with van der Waals surface area (Å²) < 4.78 is 30.8. The highest BCUT2D eigenvalue weighted by atomic mass is 16.7. The summed E-state index contributed by atoms with van der Waals surface area (Å²) in [7, 11) is 0. The van der Waals surface area contributed by atoms with E-state index in [1.54, 1.807) is 0 Å². The lowest BCUT2D eigenvalue weighted by Crippen LogP contribution is -2.63. The minimum Gasteiger partial charge on any atom is -0.463 e. The molecule has 1 fully saturated rings. The van der Waals surface area contributed by atoms with Crippen LogP contribution in [0.25, 0.3) is 0 Å². The molecule has 0 amide bonds. The molecule has 0 aliphatic carbocycles. The largest absolute Gasteiger partial charge is 0.463 e. The maximum absolute atomic E-state index is 11.5. The van der Waals surface area contributed by atoms with Gasteiger partial charge in [0, 0.05) is 34.6 Å². The van der Waals surface area contributed by atoms with Gasteiger partial charge in [0.2, 0.25) is 12.4 Å². The van der Waals surface area contributed by atoms with Crippen LogP contribution in [0.4, 0.5) is 0 Å². The fourth-order valence-electron chi connectivity index (χ4n) is 2.45. The average molecular weight is 390 g/mol. The molecule has 1 heterocycles. The molecular formula is C16H22O11. The third-order valence-corrected chi connectivity index (χ3v) is 3.23. The van der Waals surface area contributed by atoms with Gasteiger partial charge in [0.25, 0.3) is 0 Å². The second-order valence-electron chi connectivity index (χ2n) is 5.68. The summed E-state index contributed by atoms with van der Waals surface area (Å²) in [6.45, 7) is 5.13. The second kappa shape index (κ2) is 9.86. The average Bonchev–Trinajstić information content (AvgIpc) is 2.49. The molecule has 152 valence electrons. The molecule has 11 nitrogen and oxygen atoms in total. The fraction of sp³-hybridized carbons (Fsp3) is 0.688. The third kappa shape index (κ3) is 7.21. The van der Waals surface area contributed by atoms with Crippen LogP contribution in [0.15, 0.2) is 0 Å². The molecule has 1 aliphatic rings. The van der Waals surface area contributed by atoms with Gasteiger partial charge in [-0.25, -0.2) is 0 Å². The van der Waals surface area contributed by atoms with Gasteiger partial charge in [-0.05, 0) is 0 Å². The van der Waals surface area contributed by atoms with Crippen molar-refractivity contribution in [3.8, 4) is 0 Å². The van der Waals surface area contributed by atoms with E-state index in [-0.39, 0.29) is 0 Å². The van der Waals surface area contributed by atoms with E-state index in [0.717, 1.165) is 34.6 Å². The summed E-state index contributed by atoms with van der Waals surface area (Å²) >= 11 is 0. The molecule has 0 radical (unpaired) electrons. The van der Waals surface area contributed by atoms with Crippen LogP contribution in [0, 0.1) is 0 Å². The second-order valence-corrected chi connectivity index (χ2v) is 5.68. The van der Waals surface area contributed by atoms with Crippen LogP contribution < -0.4 is 0 Å². The molecule has 27 heavy (non-hydrogen) atoms. The third-order valence-electron chi connectivity index (χ3n) is 3.23. The highest BCUT2D eigenvalue weighted by molar-refractivity contribution is 5.69. The van der Waals surface area contributed by atoms with E-state index in [9.17, 15) is 24.0 Å². The van der Waals surface area contributed by atoms with E-state index in [1.165, 1.54) is 0 Å². The van der Waals surface area contributed by atoms with E-state index < -0.39 is 67.2 Å². The first-order valence-electron chi connectivity index (χ1n) is 7.99. The van der Waals surface area contributed by atoms with Gasteiger partial charge in [-0.15, -0.1) is 0 Å². The number of carbonyl (C=O) groups is 5. The summed E-state index contributed by atoms with van der Waals surface area (Å²) in [5, 5.41) is 0. The van der Waals surface area contributed by atoms with Crippen molar-refractivity contribution in [2.75, 3.05) is 6.61 Å². The number of rotatable bonds is 6. The van der Waals surface area contributed by atoms with Crippen molar-refractivity contribution in [1.29, 1.82) is 0 Å². The first-order chi connectivity index (χ1) is 12.5. The van der Waals surface area contributed by atoms with Crippen molar-refractivity contribution < 1.29 is 52.4 Å². The van der Waals surface area contributed by atoms with Crippen LogP contribution in [0.1, 0.15) is 34.6 Å². The highest BCUT2D eigenvalue weighted by Crippen LogP contribution is 2.29. The monoisotopic (exact) mass is 390 g/mol. The number of ether oxygens (including phenoxy) is 6. The Balaban J connectivity index is 3.29. The van der Waals surface area contributed by atoms with Gasteiger partial charge in [0.15, 0.2) is 12.2 Å². The van der Waals surface area contributed by atoms with Crippen molar-refractivity contribution in [3.63, 3.8) is 0 Å². The number of hydrogen-bond acceptors (Lipinski definition) is 11. The summed E-state index contributed by atoms with van der Waals surface area (Å²) in [5.74, 6) is -3.71. The minimum atomic E-state index is -1.48. The minimum absolute atomic E-state index is 0.393. The SMILES string of the molecule is CC(=O)OC[C@@H]1O[C@@H](OC(C)=O)[C@H](OC(C)=O)[C@H](OC(C)=O)[C@H]1OC(C)=O. The zero-order chi connectivity index (χ0) is 20.7. The molecule has 1 saturated heterocycles. The number of hydrogen-bond donors (Lipinski definition) is 0. The van der Waals surface area contributed by atoms with Crippen molar-refractivity contribution in [2.24, 2.45) is 0 Å². The van der Waals surface area contributed by atoms with Crippen molar-refractivity contribution in [3.05, 3.63) is 0 Å². The number of esters is 5. The lowest BCUT2D eigenvalue weighted by atomic mass is 9.98. The van der Waals surface area contributed by atoms with Gasteiger partial charge in [-0.1, -0.05) is 0 Å². The summed E-state index contributed by atoms with van der Waals surface area (Å²) in [6, 6.07) is 0.